The molecule has 6 rings (SSSR count). The van der Waals surface area contributed by atoms with Gasteiger partial charge in [0.25, 0.3) is 0 Å². The number of para-hydroxylation sites is 1. The van der Waals surface area contributed by atoms with Crippen LogP contribution < -0.4 is 19.7 Å². The van der Waals surface area contributed by atoms with Crippen molar-refractivity contribution in [2.75, 3.05) is 23.1 Å². The van der Waals surface area contributed by atoms with Crippen molar-refractivity contribution in [1.29, 1.82) is 0 Å². The van der Waals surface area contributed by atoms with E-state index in [0.717, 1.165) is 5.56 Å². The van der Waals surface area contributed by atoms with E-state index in [1.807, 2.05) is 44.2 Å². The highest BCUT2D eigenvalue weighted by atomic mass is 32.2. The number of nitrogens with zero attached hydrogens (tertiary/aromatic N) is 1. The first-order valence-electron chi connectivity index (χ1n) is 14.9. The Kier molecular flexibility index (Phi) is 8.24. The largest absolute Gasteiger partial charge is 0.506 e. The normalized spacial score (nSPS) is 18.1. The van der Waals surface area contributed by atoms with Crippen LogP contribution in [0, 0.1) is 11.2 Å². The average Bonchev–Trinajstić information content (AvgIpc) is 3.15. The fourth-order valence-corrected chi connectivity index (χ4v) is 8.62. The second kappa shape index (κ2) is 12.2. The summed E-state index contributed by atoms with van der Waals surface area (Å²) in [5.41, 5.74) is 1.56. The number of benzene rings is 4. The first-order chi connectivity index (χ1) is 22.0. The number of carbonyl (C=O) groups excluding carboxylic acids is 1. The maximum absolute atomic E-state index is 16.4. The van der Waals surface area contributed by atoms with Gasteiger partial charge in [-0.05, 0) is 59.4 Å². The third kappa shape index (κ3) is 6.17. The zero-order valence-corrected chi connectivity index (χ0v) is 26.6. The topological polar surface area (TPSA) is 105 Å². The average molecular weight is 643 g/mol. The van der Waals surface area contributed by atoms with Gasteiger partial charge < -0.3 is 19.9 Å². The van der Waals surface area contributed by atoms with E-state index in [9.17, 15) is 18.3 Å². The number of sulfone groups is 1. The molecule has 2 heterocycles. The summed E-state index contributed by atoms with van der Waals surface area (Å²) in [7, 11) is -2.52. The molecular weight excluding hydrogens is 607 g/mol. The van der Waals surface area contributed by atoms with E-state index < -0.39 is 33.0 Å². The van der Waals surface area contributed by atoms with E-state index in [1.165, 1.54) is 30.2 Å². The molecule has 4 aromatic rings. The monoisotopic (exact) mass is 642 g/mol. The van der Waals surface area contributed by atoms with Crippen LogP contribution in [0.3, 0.4) is 0 Å². The summed E-state index contributed by atoms with van der Waals surface area (Å²) in [4.78, 5) is 15.6. The van der Waals surface area contributed by atoms with Gasteiger partial charge >= 0.3 is 0 Å². The van der Waals surface area contributed by atoms with Crippen molar-refractivity contribution in [3.05, 3.63) is 124 Å². The molecule has 0 bridgehead atoms. The van der Waals surface area contributed by atoms with E-state index in [4.69, 9.17) is 9.47 Å². The molecule has 0 saturated heterocycles. The van der Waals surface area contributed by atoms with Crippen molar-refractivity contribution in [2.24, 2.45) is 5.41 Å². The van der Waals surface area contributed by atoms with Crippen LogP contribution in [0.1, 0.15) is 43.0 Å². The number of rotatable bonds is 7. The number of allylic oxidation sites excluding steroid dienone is 1. The van der Waals surface area contributed by atoms with Crippen LogP contribution in [0.5, 0.6) is 17.2 Å². The minimum absolute atomic E-state index is 0.0140. The summed E-state index contributed by atoms with van der Waals surface area (Å²) in [6, 6.07) is 24.0. The third-order valence-corrected chi connectivity index (χ3v) is 10.5. The SMILES string of the molecule is COc1cccc(CC(=O)N2c3cccc(O)c3NC3=C(C2c2ccc(OCc4ccccc4)cc2F)S(=O)(=O)CC(C)(C)C3)c1. The zero-order chi connectivity index (χ0) is 32.6. The van der Waals surface area contributed by atoms with Crippen molar-refractivity contribution < 1.29 is 32.2 Å². The number of aromatic hydroxyl groups is 1. The van der Waals surface area contributed by atoms with Gasteiger partial charge in [0.2, 0.25) is 5.91 Å². The van der Waals surface area contributed by atoms with Crippen LogP contribution in [0.25, 0.3) is 0 Å². The number of anilines is 2. The van der Waals surface area contributed by atoms with Crippen molar-refractivity contribution in [1.82, 2.24) is 0 Å². The molecule has 1 amide bonds. The molecule has 2 aliphatic rings. The number of halogens is 1. The van der Waals surface area contributed by atoms with Gasteiger partial charge in [0.05, 0.1) is 29.9 Å². The van der Waals surface area contributed by atoms with Crippen molar-refractivity contribution in [3.63, 3.8) is 0 Å². The molecular formula is C36H35FN2O6S. The number of phenols is 1. The molecule has 4 aromatic carbocycles. The fraction of sp³-hybridized carbons (Fsp3) is 0.250. The number of phenolic OH excluding ortho intramolecular Hbond substituents is 1. The molecule has 46 heavy (non-hydrogen) atoms. The van der Waals surface area contributed by atoms with Gasteiger partial charge in [0.1, 0.15) is 41.4 Å². The van der Waals surface area contributed by atoms with Gasteiger partial charge in [-0.1, -0.05) is 62.4 Å². The minimum atomic E-state index is -4.04. The van der Waals surface area contributed by atoms with Gasteiger partial charge in [0, 0.05) is 17.3 Å². The van der Waals surface area contributed by atoms with Crippen LogP contribution in [-0.2, 0) is 27.7 Å². The predicted molar refractivity (Wildman–Crippen MR) is 175 cm³/mol. The summed E-state index contributed by atoms with van der Waals surface area (Å²) >= 11 is 0. The smallest absolute Gasteiger partial charge is 0.232 e. The van der Waals surface area contributed by atoms with Crippen molar-refractivity contribution in [2.45, 2.75) is 39.3 Å². The van der Waals surface area contributed by atoms with Gasteiger partial charge in [0.15, 0.2) is 9.84 Å². The van der Waals surface area contributed by atoms with E-state index in [0.29, 0.717) is 23.4 Å². The second-order valence-electron chi connectivity index (χ2n) is 12.4. The number of ether oxygens (including phenoxy) is 2. The first-order valence-corrected chi connectivity index (χ1v) is 16.6. The molecule has 0 aromatic heterocycles. The molecule has 0 saturated carbocycles. The first kappa shape index (κ1) is 31.2. The van der Waals surface area contributed by atoms with Crippen molar-refractivity contribution >= 4 is 27.1 Å². The molecule has 1 atom stereocenters. The van der Waals surface area contributed by atoms with Gasteiger partial charge in [-0.3, -0.25) is 9.69 Å². The Morgan fingerprint density at radius 1 is 0.978 bits per heavy atom. The Hall–Kier alpha value is -4.83. The summed E-state index contributed by atoms with van der Waals surface area (Å²) in [5.74, 6) is -0.788. The molecule has 0 radical (unpaired) electrons. The Labute approximate surface area is 268 Å². The zero-order valence-electron chi connectivity index (χ0n) is 25.8. The highest BCUT2D eigenvalue weighted by molar-refractivity contribution is 7.95. The highest BCUT2D eigenvalue weighted by Gasteiger charge is 2.47. The Morgan fingerprint density at radius 2 is 1.72 bits per heavy atom. The Balaban J connectivity index is 1.52. The molecule has 8 nitrogen and oxygen atoms in total. The van der Waals surface area contributed by atoms with Crippen LogP contribution in [0.4, 0.5) is 15.8 Å². The minimum Gasteiger partial charge on any atom is -0.506 e. The number of amides is 1. The lowest BCUT2D eigenvalue weighted by molar-refractivity contribution is -0.118. The van der Waals surface area contributed by atoms with E-state index in [1.54, 1.807) is 42.5 Å². The van der Waals surface area contributed by atoms with E-state index >= 15 is 4.39 Å². The second-order valence-corrected chi connectivity index (χ2v) is 14.3. The molecule has 10 heteroatoms. The quantitative estimate of drug-likeness (QED) is 0.211. The van der Waals surface area contributed by atoms with Crippen molar-refractivity contribution in [3.8, 4) is 17.2 Å². The fourth-order valence-electron chi connectivity index (χ4n) is 6.26. The number of hydrogen-bond donors (Lipinski definition) is 2. The summed E-state index contributed by atoms with van der Waals surface area (Å²) in [6.07, 6.45) is 0.153. The predicted octanol–water partition coefficient (Wildman–Crippen LogP) is 6.92. The third-order valence-electron chi connectivity index (χ3n) is 8.20. The lowest BCUT2D eigenvalue weighted by Crippen LogP contribution is -2.42. The van der Waals surface area contributed by atoms with E-state index in [2.05, 4.69) is 5.32 Å². The molecule has 238 valence electrons. The highest BCUT2D eigenvalue weighted by Crippen LogP contribution is 2.51. The number of hydrogen-bond acceptors (Lipinski definition) is 7. The summed E-state index contributed by atoms with van der Waals surface area (Å²) in [5, 5.41) is 14.2. The maximum Gasteiger partial charge on any atom is 0.232 e. The summed E-state index contributed by atoms with van der Waals surface area (Å²) in [6.45, 7) is 3.89. The van der Waals surface area contributed by atoms with E-state index in [-0.39, 0.29) is 52.1 Å². The van der Waals surface area contributed by atoms with Gasteiger partial charge in [-0.2, -0.15) is 0 Å². The number of nitrogens with one attached hydrogen (secondary N) is 1. The van der Waals surface area contributed by atoms with Crippen LogP contribution in [0.2, 0.25) is 0 Å². The molecule has 2 aliphatic heterocycles. The lowest BCUT2D eigenvalue weighted by atomic mass is 9.88. The van der Waals surface area contributed by atoms with Crippen LogP contribution in [-0.4, -0.2) is 32.3 Å². The maximum atomic E-state index is 16.4. The lowest BCUT2D eigenvalue weighted by Gasteiger charge is -2.37. The summed E-state index contributed by atoms with van der Waals surface area (Å²) < 4.78 is 55.9. The molecule has 0 fully saturated rings. The molecule has 1 unspecified atom stereocenters. The number of fused-ring (bicyclic) bond motifs is 1. The Morgan fingerprint density at radius 3 is 2.46 bits per heavy atom. The van der Waals surface area contributed by atoms with Gasteiger partial charge in [-0.15, -0.1) is 0 Å². The molecule has 0 aliphatic carbocycles. The van der Waals surface area contributed by atoms with Crippen LogP contribution >= 0.6 is 0 Å². The molecule has 2 N–H and O–H groups in total. The van der Waals surface area contributed by atoms with Gasteiger partial charge in [-0.25, -0.2) is 12.8 Å². The van der Waals surface area contributed by atoms with Crippen LogP contribution in [0.15, 0.2) is 102 Å². The standard InChI is InChI=1S/C36H35FN2O6S/c1-36(2)20-29-35(46(42,43)22-36)34(27-16-15-26(19-28(27)37)45-21-23-9-5-4-6-10-23)39(30-13-8-14-31(40)33(30)38-29)32(41)18-24-11-7-12-25(17-24)44-3/h4-17,19,34,38,40H,18,20-22H2,1-3H3. The number of methoxy groups -OCH3 is 1. The Bertz CT molecular complexity index is 1940. The number of carbonyl (C=O) groups is 1. The molecule has 0 spiro atoms.